The minimum absolute atomic E-state index is 0.00688. The highest BCUT2D eigenvalue weighted by atomic mass is 35.5. The molecule has 0 saturated carbocycles. The molecule has 0 radical (unpaired) electrons. The fraction of sp³-hybridized carbons (Fsp3) is 0.0769. The summed E-state index contributed by atoms with van der Waals surface area (Å²) in [5, 5.41) is 10.8. The molecule has 0 saturated heterocycles. The SMILES string of the molecule is O=[N+]([O-])c1ccc(Cl)c(OCc2cccc(F)c2F)c1. The van der Waals surface area contributed by atoms with Crippen molar-refractivity contribution in [2.75, 3.05) is 0 Å². The average Bonchev–Trinajstić information content (AvgIpc) is 2.41. The van der Waals surface area contributed by atoms with Crippen LogP contribution in [0.5, 0.6) is 5.75 Å². The first-order valence-electron chi connectivity index (χ1n) is 5.48. The van der Waals surface area contributed by atoms with Crippen molar-refractivity contribution in [3.63, 3.8) is 0 Å². The molecule has 0 aromatic heterocycles. The molecule has 0 fully saturated rings. The molecule has 2 rings (SSSR count). The molecule has 0 aliphatic heterocycles. The highest BCUT2D eigenvalue weighted by molar-refractivity contribution is 6.32. The number of nitrogens with zero attached hydrogens (tertiary/aromatic N) is 1. The number of hydrogen-bond donors (Lipinski definition) is 0. The van der Waals surface area contributed by atoms with Gasteiger partial charge in [-0.05, 0) is 12.1 Å². The van der Waals surface area contributed by atoms with E-state index in [1.165, 1.54) is 24.3 Å². The minimum atomic E-state index is -1.02. The van der Waals surface area contributed by atoms with E-state index in [-0.39, 0.29) is 28.6 Å². The Hall–Kier alpha value is -2.21. The summed E-state index contributed by atoms with van der Waals surface area (Å²) in [5.74, 6) is -1.98. The maximum Gasteiger partial charge on any atom is 0.273 e. The van der Waals surface area contributed by atoms with Crippen LogP contribution in [-0.2, 0) is 6.61 Å². The first-order valence-corrected chi connectivity index (χ1v) is 5.86. The van der Waals surface area contributed by atoms with Gasteiger partial charge in [0.1, 0.15) is 12.4 Å². The van der Waals surface area contributed by atoms with Gasteiger partial charge in [-0.2, -0.15) is 0 Å². The molecule has 2 aromatic rings. The molecule has 0 heterocycles. The summed E-state index contributed by atoms with van der Waals surface area (Å²) in [7, 11) is 0. The molecule has 7 heteroatoms. The lowest BCUT2D eigenvalue weighted by Crippen LogP contribution is -2.01. The third-order valence-corrected chi connectivity index (χ3v) is 2.85. The summed E-state index contributed by atoms with van der Waals surface area (Å²) in [6.45, 7) is -0.287. The Kier molecular flexibility index (Phi) is 4.14. The molecule has 0 atom stereocenters. The molecular formula is C13H8ClF2NO3. The van der Waals surface area contributed by atoms with Crippen LogP contribution in [0.1, 0.15) is 5.56 Å². The quantitative estimate of drug-likeness (QED) is 0.630. The van der Waals surface area contributed by atoms with Gasteiger partial charge in [0.25, 0.3) is 5.69 Å². The molecule has 0 N–H and O–H groups in total. The number of benzene rings is 2. The standard InChI is InChI=1S/C13H8ClF2NO3/c14-10-5-4-9(17(18)19)6-12(10)20-7-8-2-1-3-11(15)13(8)16/h1-6H,7H2. The second-order valence-corrected chi connectivity index (χ2v) is 4.28. The molecule has 2 aromatic carbocycles. The number of ether oxygens (including phenoxy) is 1. The Bertz CT molecular complexity index is 664. The van der Waals surface area contributed by atoms with Crippen molar-refractivity contribution in [1.82, 2.24) is 0 Å². The van der Waals surface area contributed by atoms with E-state index in [9.17, 15) is 18.9 Å². The molecule has 0 amide bonds. The zero-order valence-electron chi connectivity index (χ0n) is 9.98. The zero-order valence-corrected chi connectivity index (χ0v) is 10.7. The average molecular weight is 300 g/mol. The third kappa shape index (κ3) is 3.03. The van der Waals surface area contributed by atoms with Gasteiger partial charge >= 0.3 is 0 Å². The number of nitro benzene ring substituents is 1. The summed E-state index contributed by atoms with van der Waals surface area (Å²) >= 11 is 5.82. The lowest BCUT2D eigenvalue weighted by atomic mass is 10.2. The van der Waals surface area contributed by atoms with Gasteiger partial charge in [0.05, 0.1) is 16.0 Å². The molecule has 0 spiro atoms. The van der Waals surface area contributed by atoms with Gasteiger partial charge in [-0.15, -0.1) is 0 Å². The summed E-state index contributed by atoms with van der Waals surface area (Å²) < 4.78 is 31.6. The molecular weight excluding hydrogens is 292 g/mol. The van der Waals surface area contributed by atoms with E-state index >= 15 is 0 Å². The van der Waals surface area contributed by atoms with E-state index in [0.717, 1.165) is 12.1 Å². The van der Waals surface area contributed by atoms with Crippen molar-refractivity contribution in [1.29, 1.82) is 0 Å². The third-order valence-electron chi connectivity index (χ3n) is 2.54. The lowest BCUT2D eigenvalue weighted by molar-refractivity contribution is -0.384. The van der Waals surface area contributed by atoms with Crippen LogP contribution in [0.25, 0.3) is 0 Å². The van der Waals surface area contributed by atoms with Crippen molar-refractivity contribution >= 4 is 17.3 Å². The summed E-state index contributed by atoms with van der Waals surface area (Å²) in [5.41, 5.74) is -0.211. The van der Waals surface area contributed by atoms with Gasteiger partial charge in [0.2, 0.25) is 0 Å². The molecule has 0 aliphatic carbocycles. The molecule has 4 nitrogen and oxygen atoms in total. The topological polar surface area (TPSA) is 52.4 Å². The Morgan fingerprint density at radius 3 is 2.70 bits per heavy atom. The fourth-order valence-corrected chi connectivity index (χ4v) is 1.70. The maximum absolute atomic E-state index is 13.4. The maximum atomic E-state index is 13.4. The van der Waals surface area contributed by atoms with Crippen molar-refractivity contribution < 1.29 is 18.4 Å². The van der Waals surface area contributed by atoms with Crippen LogP contribution >= 0.6 is 11.6 Å². The number of nitro groups is 1. The normalized spacial score (nSPS) is 10.3. The fourth-order valence-electron chi connectivity index (χ4n) is 1.53. The summed E-state index contributed by atoms with van der Waals surface area (Å²) in [6.07, 6.45) is 0. The van der Waals surface area contributed by atoms with Gasteiger partial charge in [0.15, 0.2) is 11.6 Å². The molecule has 0 unspecified atom stereocenters. The summed E-state index contributed by atoms with van der Waals surface area (Å²) in [4.78, 5) is 10.0. The van der Waals surface area contributed by atoms with Gasteiger partial charge in [-0.3, -0.25) is 10.1 Å². The van der Waals surface area contributed by atoms with Gasteiger partial charge in [-0.1, -0.05) is 23.7 Å². The zero-order chi connectivity index (χ0) is 14.7. The predicted octanol–water partition coefficient (Wildman–Crippen LogP) is 4.11. The number of non-ortho nitro benzene ring substituents is 1. The van der Waals surface area contributed by atoms with Gasteiger partial charge in [0, 0.05) is 11.6 Å². The van der Waals surface area contributed by atoms with Crippen LogP contribution in [0.2, 0.25) is 5.02 Å². The lowest BCUT2D eigenvalue weighted by Gasteiger charge is -2.08. The second kappa shape index (κ2) is 5.83. The van der Waals surface area contributed by atoms with Crippen molar-refractivity contribution in [3.8, 4) is 5.75 Å². The van der Waals surface area contributed by atoms with Crippen molar-refractivity contribution in [3.05, 3.63) is 68.7 Å². The van der Waals surface area contributed by atoms with Crippen LogP contribution in [0.3, 0.4) is 0 Å². The minimum Gasteiger partial charge on any atom is -0.487 e. The highest BCUT2D eigenvalue weighted by Gasteiger charge is 2.13. The van der Waals surface area contributed by atoms with Crippen molar-refractivity contribution in [2.45, 2.75) is 6.61 Å². The monoisotopic (exact) mass is 299 g/mol. The first kappa shape index (κ1) is 14.2. The van der Waals surface area contributed by atoms with E-state index in [0.29, 0.717) is 0 Å². The highest BCUT2D eigenvalue weighted by Crippen LogP contribution is 2.29. The number of hydrogen-bond acceptors (Lipinski definition) is 3. The Morgan fingerprint density at radius 1 is 1.25 bits per heavy atom. The van der Waals surface area contributed by atoms with Crippen LogP contribution < -0.4 is 4.74 Å². The largest absolute Gasteiger partial charge is 0.487 e. The molecule has 0 bridgehead atoms. The number of halogens is 3. The Balaban J connectivity index is 2.20. The number of rotatable bonds is 4. The van der Waals surface area contributed by atoms with Crippen LogP contribution in [0.15, 0.2) is 36.4 Å². The Labute approximate surface area is 117 Å². The van der Waals surface area contributed by atoms with E-state index in [1.807, 2.05) is 0 Å². The predicted molar refractivity (Wildman–Crippen MR) is 68.8 cm³/mol. The second-order valence-electron chi connectivity index (χ2n) is 3.87. The van der Waals surface area contributed by atoms with E-state index in [1.54, 1.807) is 0 Å². The van der Waals surface area contributed by atoms with E-state index in [2.05, 4.69) is 0 Å². The van der Waals surface area contributed by atoms with Crippen LogP contribution in [0.4, 0.5) is 14.5 Å². The van der Waals surface area contributed by atoms with E-state index < -0.39 is 16.6 Å². The molecule has 104 valence electrons. The summed E-state index contributed by atoms with van der Waals surface area (Å²) in [6, 6.07) is 7.32. The molecule has 20 heavy (non-hydrogen) atoms. The van der Waals surface area contributed by atoms with Crippen LogP contribution in [-0.4, -0.2) is 4.92 Å². The molecule has 0 aliphatic rings. The van der Waals surface area contributed by atoms with Gasteiger partial charge in [-0.25, -0.2) is 8.78 Å². The van der Waals surface area contributed by atoms with Crippen LogP contribution in [0, 0.1) is 21.7 Å². The smallest absolute Gasteiger partial charge is 0.273 e. The van der Waals surface area contributed by atoms with Crippen molar-refractivity contribution in [2.24, 2.45) is 0 Å². The first-order chi connectivity index (χ1) is 9.49. The Morgan fingerprint density at radius 2 is 2.00 bits per heavy atom. The van der Waals surface area contributed by atoms with Gasteiger partial charge < -0.3 is 4.74 Å². The van der Waals surface area contributed by atoms with E-state index in [4.69, 9.17) is 16.3 Å².